The second-order valence-corrected chi connectivity index (χ2v) is 9.03. The molecule has 0 saturated carbocycles. The molecule has 150 valence electrons. The third-order valence-electron chi connectivity index (χ3n) is 5.04. The molecule has 0 aliphatic carbocycles. The molecular weight excluding hydrogens is 414 g/mol. The van der Waals surface area contributed by atoms with Crippen molar-refractivity contribution in [2.24, 2.45) is 0 Å². The van der Waals surface area contributed by atoms with Gasteiger partial charge in [-0.25, -0.2) is 9.97 Å². The van der Waals surface area contributed by atoms with Crippen LogP contribution >= 0.6 is 23.5 Å². The Bertz CT molecular complexity index is 1210. The number of carbonyl (C=O) groups excluding carboxylic acids is 1. The van der Waals surface area contributed by atoms with E-state index in [1.54, 1.807) is 30.2 Å². The normalized spacial score (nSPS) is 15.9. The highest BCUT2D eigenvalue weighted by Crippen LogP contribution is 2.39. The SMILES string of the molecule is CC1CSc2ccccc2N1C(=O)c1oc2ccccc2c1CSc1ncccn1. The molecule has 1 atom stereocenters. The van der Waals surface area contributed by atoms with E-state index in [0.717, 1.165) is 32.9 Å². The molecule has 2 aromatic carbocycles. The van der Waals surface area contributed by atoms with Crippen molar-refractivity contribution in [1.29, 1.82) is 0 Å². The highest BCUT2D eigenvalue weighted by Gasteiger charge is 2.33. The zero-order chi connectivity index (χ0) is 20.5. The molecule has 7 heteroatoms. The van der Waals surface area contributed by atoms with Gasteiger partial charge in [-0.05, 0) is 31.2 Å². The van der Waals surface area contributed by atoms with Crippen LogP contribution in [0.1, 0.15) is 23.0 Å². The van der Waals surface area contributed by atoms with Gasteiger partial charge >= 0.3 is 0 Å². The summed E-state index contributed by atoms with van der Waals surface area (Å²) in [5, 5.41) is 1.63. The maximum absolute atomic E-state index is 13.8. The average Bonchev–Trinajstić information content (AvgIpc) is 3.16. The minimum atomic E-state index is -0.101. The van der Waals surface area contributed by atoms with Crippen LogP contribution < -0.4 is 4.90 Å². The van der Waals surface area contributed by atoms with E-state index < -0.39 is 0 Å². The Balaban J connectivity index is 1.56. The number of para-hydroxylation sites is 2. The quantitative estimate of drug-likeness (QED) is 0.306. The van der Waals surface area contributed by atoms with Crippen LogP contribution in [0.2, 0.25) is 0 Å². The highest BCUT2D eigenvalue weighted by molar-refractivity contribution is 7.99. The molecule has 2 aromatic heterocycles. The Kier molecular flexibility index (Phi) is 5.23. The Labute approximate surface area is 182 Å². The summed E-state index contributed by atoms with van der Waals surface area (Å²) in [4.78, 5) is 25.3. The van der Waals surface area contributed by atoms with Crippen molar-refractivity contribution in [3.05, 3.63) is 78.3 Å². The van der Waals surface area contributed by atoms with Gasteiger partial charge in [-0.2, -0.15) is 0 Å². The van der Waals surface area contributed by atoms with Crippen LogP contribution in [-0.2, 0) is 5.75 Å². The molecule has 0 radical (unpaired) electrons. The Morgan fingerprint density at radius 3 is 2.77 bits per heavy atom. The predicted molar refractivity (Wildman–Crippen MR) is 121 cm³/mol. The number of aromatic nitrogens is 2. The third-order valence-corrected chi connectivity index (χ3v) is 7.25. The van der Waals surface area contributed by atoms with Crippen molar-refractivity contribution >= 4 is 46.1 Å². The average molecular weight is 434 g/mol. The third kappa shape index (κ3) is 3.48. The summed E-state index contributed by atoms with van der Waals surface area (Å²) < 4.78 is 6.11. The van der Waals surface area contributed by atoms with Crippen LogP contribution in [0.4, 0.5) is 5.69 Å². The first kappa shape index (κ1) is 19.2. The Hall–Kier alpha value is -2.77. The molecule has 0 fully saturated rings. The zero-order valence-corrected chi connectivity index (χ0v) is 18.0. The number of amides is 1. The lowest BCUT2D eigenvalue weighted by Gasteiger charge is -2.34. The summed E-state index contributed by atoms with van der Waals surface area (Å²) in [6, 6.07) is 17.7. The first-order chi connectivity index (χ1) is 14.7. The number of anilines is 1. The predicted octanol–water partition coefficient (Wildman–Crippen LogP) is 5.66. The second-order valence-electron chi connectivity index (χ2n) is 7.03. The van der Waals surface area contributed by atoms with Gasteiger partial charge in [0.05, 0.1) is 5.69 Å². The van der Waals surface area contributed by atoms with Crippen LogP contribution in [-0.4, -0.2) is 27.7 Å². The van der Waals surface area contributed by atoms with Gasteiger partial charge in [-0.1, -0.05) is 42.1 Å². The van der Waals surface area contributed by atoms with Crippen molar-refractivity contribution < 1.29 is 9.21 Å². The second kappa shape index (κ2) is 8.16. The van der Waals surface area contributed by atoms with Crippen molar-refractivity contribution in [2.75, 3.05) is 10.7 Å². The fourth-order valence-electron chi connectivity index (χ4n) is 3.63. The molecule has 1 unspecified atom stereocenters. The standard InChI is InChI=1S/C23H19N3O2S2/c1-15-13-29-20-10-5-3-8-18(20)26(15)22(27)21-17(14-30-23-24-11-6-12-25-23)16-7-2-4-9-19(16)28-21/h2-12,15H,13-14H2,1H3. The van der Waals surface area contributed by atoms with Crippen LogP contribution in [0.3, 0.4) is 0 Å². The molecule has 1 amide bonds. The molecule has 0 saturated heterocycles. The van der Waals surface area contributed by atoms with Crippen molar-refractivity contribution in [3.63, 3.8) is 0 Å². The highest BCUT2D eigenvalue weighted by atomic mass is 32.2. The van der Waals surface area contributed by atoms with Gasteiger partial charge in [0, 0.05) is 45.8 Å². The van der Waals surface area contributed by atoms with E-state index in [0.29, 0.717) is 16.7 Å². The zero-order valence-electron chi connectivity index (χ0n) is 16.3. The summed E-state index contributed by atoms with van der Waals surface area (Å²) in [6.07, 6.45) is 3.44. The van der Waals surface area contributed by atoms with Gasteiger partial charge in [0.2, 0.25) is 0 Å². The summed E-state index contributed by atoms with van der Waals surface area (Å²) in [5.74, 6) is 1.70. The maximum atomic E-state index is 13.8. The summed E-state index contributed by atoms with van der Waals surface area (Å²) in [5.41, 5.74) is 2.55. The van der Waals surface area contributed by atoms with E-state index >= 15 is 0 Å². The van der Waals surface area contributed by atoms with Crippen LogP contribution in [0.5, 0.6) is 0 Å². The van der Waals surface area contributed by atoms with Gasteiger partial charge in [-0.3, -0.25) is 4.79 Å². The number of hydrogen-bond donors (Lipinski definition) is 0. The summed E-state index contributed by atoms with van der Waals surface area (Å²) >= 11 is 3.29. The van der Waals surface area contributed by atoms with Crippen LogP contribution in [0.25, 0.3) is 11.0 Å². The van der Waals surface area contributed by atoms with E-state index in [-0.39, 0.29) is 11.9 Å². The molecule has 0 N–H and O–H groups in total. The molecule has 4 aromatic rings. The van der Waals surface area contributed by atoms with E-state index in [9.17, 15) is 4.79 Å². The minimum Gasteiger partial charge on any atom is -0.451 e. The lowest BCUT2D eigenvalue weighted by Crippen LogP contribution is -2.42. The summed E-state index contributed by atoms with van der Waals surface area (Å²) in [6.45, 7) is 2.08. The van der Waals surface area contributed by atoms with E-state index in [1.165, 1.54) is 11.8 Å². The number of hydrogen-bond acceptors (Lipinski definition) is 6. The van der Waals surface area contributed by atoms with Gasteiger partial charge in [0.15, 0.2) is 10.9 Å². The molecule has 5 rings (SSSR count). The molecule has 0 spiro atoms. The van der Waals surface area contributed by atoms with Crippen LogP contribution in [0.15, 0.2) is 81.5 Å². The van der Waals surface area contributed by atoms with E-state index in [1.807, 2.05) is 47.4 Å². The first-order valence-electron chi connectivity index (χ1n) is 9.68. The molecule has 3 heterocycles. The number of furan rings is 1. The number of nitrogens with zero attached hydrogens (tertiary/aromatic N) is 3. The van der Waals surface area contributed by atoms with E-state index in [4.69, 9.17) is 4.42 Å². The van der Waals surface area contributed by atoms with Gasteiger partial charge in [0.25, 0.3) is 5.91 Å². The largest absolute Gasteiger partial charge is 0.451 e. The molecule has 5 nitrogen and oxygen atoms in total. The maximum Gasteiger partial charge on any atom is 0.294 e. The smallest absolute Gasteiger partial charge is 0.294 e. The molecule has 0 bridgehead atoms. The van der Waals surface area contributed by atoms with Gasteiger partial charge in [0.1, 0.15) is 5.58 Å². The Morgan fingerprint density at radius 1 is 1.13 bits per heavy atom. The topological polar surface area (TPSA) is 59.2 Å². The first-order valence-corrected chi connectivity index (χ1v) is 11.6. The number of benzene rings is 2. The number of thioether (sulfide) groups is 2. The molecule has 1 aliphatic heterocycles. The molecule has 1 aliphatic rings. The van der Waals surface area contributed by atoms with E-state index in [2.05, 4.69) is 23.0 Å². The van der Waals surface area contributed by atoms with Crippen molar-refractivity contribution in [2.45, 2.75) is 28.8 Å². The molecule has 30 heavy (non-hydrogen) atoms. The number of rotatable bonds is 4. The number of carbonyl (C=O) groups is 1. The van der Waals surface area contributed by atoms with Crippen LogP contribution in [0, 0.1) is 0 Å². The Morgan fingerprint density at radius 2 is 1.90 bits per heavy atom. The molecular formula is C23H19N3O2S2. The monoisotopic (exact) mass is 433 g/mol. The fourth-order valence-corrected chi connectivity index (χ4v) is 5.52. The summed E-state index contributed by atoms with van der Waals surface area (Å²) in [7, 11) is 0. The number of fused-ring (bicyclic) bond motifs is 2. The van der Waals surface area contributed by atoms with Gasteiger partial charge in [-0.15, -0.1) is 11.8 Å². The van der Waals surface area contributed by atoms with Crippen molar-refractivity contribution in [1.82, 2.24) is 9.97 Å². The van der Waals surface area contributed by atoms with Crippen molar-refractivity contribution in [3.8, 4) is 0 Å². The van der Waals surface area contributed by atoms with Gasteiger partial charge < -0.3 is 9.32 Å². The minimum absolute atomic E-state index is 0.0728. The lowest BCUT2D eigenvalue weighted by atomic mass is 10.1. The fraction of sp³-hybridized carbons (Fsp3) is 0.174. The lowest BCUT2D eigenvalue weighted by molar-refractivity contribution is 0.0954.